The van der Waals surface area contributed by atoms with Crippen LogP contribution in [0.15, 0.2) is 36.4 Å². The number of carboxylic acid groups (broad SMARTS) is 1. The lowest BCUT2D eigenvalue weighted by molar-refractivity contribution is -0.137. The van der Waals surface area contributed by atoms with Gasteiger partial charge in [-0.3, -0.25) is 9.59 Å². The third-order valence-electron chi connectivity index (χ3n) is 3.87. The van der Waals surface area contributed by atoms with E-state index in [1.807, 2.05) is 0 Å². The number of hydrogen-bond acceptors (Lipinski definition) is 3. The first-order valence-corrected chi connectivity index (χ1v) is 7.98. The van der Waals surface area contributed by atoms with Crippen LogP contribution in [0.25, 0.3) is 11.1 Å². The molecule has 2 N–H and O–H groups in total. The number of halogens is 2. The topological polar surface area (TPSA) is 75.6 Å². The van der Waals surface area contributed by atoms with E-state index in [2.05, 4.69) is 5.32 Å². The molecule has 0 aromatic heterocycles. The minimum absolute atomic E-state index is 0.0976. The van der Waals surface area contributed by atoms with Crippen LogP contribution in [0.1, 0.15) is 30.1 Å². The molecule has 2 rings (SSSR count). The number of methoxy groups -OCH3 is 1. The molecule has 0 radical (unpaired) electrons. The zero-order chi connectivity index (χ0) is 19.3. The molecule has 0 heterocycles. The number of hydrogen-bond donors (Lipinski definition) is 2. The van der Waals surface area contributed by atoms with E-state index in [-0.39, 0.29) is 29.5 Å². The summed E-state index contributed by atoms with van der Waals surface area (Å²) in [6, 6.07) is 7.60. The Hall–Kier alpha value is -2.96. The Morgan fingerprint density at radius 2 is 1.88 bits per heavy atom. The lowest BCUT2D eigenvalue weighted by Gasteiger charge is -2.14. The third kappa shape index (κ3) is 4.78. The average Bonchev–Trinajstić information content (AvgIpc) is 2.59. The first-order valence-electron chi connectivity index (χ1n) is 7.98. The van der Waals surface area contributed by atoms with Crippen molar-refractivity contribution in [1.29, 1.82) is 0 Å². The van der Waals surface area contributed by atoms with Crippen molar-refractivity contribution in [3.8, 4) is 16.9 Å². The zero-order valence-corrected chi connectivity index (χ0v) is 14.4. The second-order valence-electron chi connectivity index (χ2n) is 5.85. The second-order valence-corrected chi connectivity index (χ2v) is 5.85. The van der Waals surface area contributed by atoms with E-state index in [1.165, 1.54) is 31.4 Å². The van der Waals surface area contributed by atoms with Crippen LogP contribution in [0, 0.1) is 11.6 Å². The van der Waals surface area contributed by atoms with Crippen molar-refractivity contribution >= 4 is 11.9 Å². The number of nitrogens with one attached hydrogen (secondary N) is 1. The fraction of sp³-hybridized carbons (Fsp3) is 0.263. The largest absolute Gasteiger partial charge is 0.497 e. The average molecular weight is 363 g/mol. The maximum atomic E-state index is 14.3. The number of amides is 1. The van der Waals surface area contributed by atoms with Gasteiger partial charge in [0.25, 0.3) is 5.91 Å². The highest BCUT2D eigenvalue weighted by Gasteiger charge is 2.16. The maximum absolute atomic E-state index is 14.3. The first kappa shape index (κ1) is 19.4. The molecule has 2 aromatic carbocycles. The Balaban J connectivity index is 2.16. The van der Waals surface area contributed by atoms with Crippen molar-refractivity contribution < 1.29 is 28.2 Å². The van der Waals surface area contributed by atoms with Crippen molar-refractivity contribution in [2.24, 2.45) is 0 Å². The predicted molar refractivity (Wildman–Crippen MR) is 92.1 cm³/mol. The molecule has 2 aromatic rings. The van der Waals surface area contributed by atoms with E-state index in [9.17, 15) is 18.4 Å². The molecule has 1 amide bonds. The van der Waals surface area contributed by atoms with Crippen LogP contribution in [-0.2, 0) is 4.79 Å². The zero-order valence-electron chi connectivity index (χ0n) is 14.4. The number of ether oxygens (including phenoxy) is 1. The molecule has 0 bridgehead atoms. The molecule has 1 unspecified atom stereocenters. The van der Waals surface area contributed by atoms with Crippen LogP contribution in [0.4, 0.5) is 8.78 Å². The SMILES string of the molecule is COc1ccc(-c2ccc(C(=O)NC(C)CCC(=O)O)c(F)c2)c(F)c1. The summed E-state index contributed by atoms with van der Waals surface area (Å²) in [5.74, 6) is -2.63. The summed E-state index contributed by atoms with van der Waals surface area (Å²) in [5, 5.41) is 11.2. The number of benzene rings is 2. The molecular weight excluding hydrogens is 344 g/mol. The number of carboxylic acids is 1. The van der Waals surface area contributed by atoms with Crippen LogP contribution in [0.3, 0.4) is 0 Å². The predicted octanol–water partition coefficient (Wildman–Crippen LogP) is 3.62. The Labute approximate surface area is 149 Å². The van der Waals surface area contributed by atoms with E-state index < -0.39 is 29.6 Å². The normalized spacial score (nSPS) is 11.7. The number of carbonyl (C=O) groups is 2. The summed E-state index contributed by atoms with van der Waals surface area (Å²) in [7, 11) is 1.42. The summed E-state index contributed by atoms with van der Waals surface area (Å²) >= 11 is 0. The van der Waals surface area contributed by atoms with Gasteiger partial charge in [0.1, 0.15) is 17.4 Å². The van der Waals surface area contributed by atoms with Crippen molar-refractivity contribution in [3.63, 3.8) is 0 Å². The Morgan fingerprint density at radius 3 is 2.46 bits per heavy atom. The van der Waals surface area contributed by atoms with Gasteiger partial charge in [-0.1, -0.05) is 6.07 Å². The molecule has 7 heteroatoms. The molecule has 0 aliphatic rings. The van der Waals surface area contributed by atoms with E-state index in [0.29, 0.717) is 5.75 Å². The van der Waals surface area contributed by atoms with E-state index in [0.717, 1.165) is 6.07 Å². The van der Waals surface area contributed by atoms with E-state index in [4.69, 9.17) is 9.84 Å². The molecule has 1 atom stereocenters. The van der Waals surface area contributed by atoms with Crippen LogP contribution < -0.4 is 10.1 Å². The Bertz CT molecular complexity index is 823. The molecule has 0 aliphatic heterocycles. The number of carbonyl (C=O) groups excluding carboxylic acids is 1. The van der Waals surface area contributed by atoms with Gasteiger partial charge < -0.3 is 15.2 Å². The standard InChI is InChI=1S/C19H19F2NO4/c1-11(3-8-18(23)24)22-19(25)15-6-4-12(9-16(15)20)14-7-5-13(26-2)10-17(14)21/h4-7,9-11H,3,8H2,1-2H3,(H,22,25)(H,23,24). The third-order valence-corrected chi connectivity index (χ3v) is 3.87. The lowest BCUT2D eigenvalue weighted by atomic mass is 10.0. The first-order chi connectivity index (χ1) is 12.3. The molecule has 138 valence electrons. The molecule has 0 saturated carbocycles. The highest BCUT2D eigenvalue weighted by Crippen LogP contribution is 2.27. The highest BCUT2D eigenvalue weighted by atomic mass is 19.1. The summed E-state index contributed by atoms with van der Waals surface area (Å²) < 4.78 is 33.4. The molecule has 0 saturated heterocycles. The number of aliphatic carboxylic acids is 1. The van der Waals surface area contributed by atoms with Crippen LogP contribution in [0.2, 0.25) is 0 Å². The van der Waals surface area contributed by atoms with Gasteiger partial charge in [-0.2, -0.15) is 0 Å². The van der Waals surface area contributed by atoms with E-state index in [1.54, 1.807) is 13.0 Å². The van der Waals surface area contributed by atoms with Crippen molar-refractivity contribution in [2.75, 3.05) is 7.11 Å². The van der Waals surface area contributed by atoms with E-state index >= 15 is 0 Å². The monoisotopic (exact) mass is 363 g/mol. The van der Waals surface area contributed by atoms with Crippen molar-refractivity contribution in [3.05, 3.63) is 53.6 Å². The molecular formula is C19H19F2NO4. The highest BCUT2D eigenvalue weighted by molar-refractivity contribution is 5.95. The van der Waals surface area contributed by atoms with Gasteiger partial charge in [-0.25, -0.2) is 8.78 Å². The van der Waals surface area contributed by atoms with Crippen molar-refractivity contribution in [1.82, 2.24) is 5.32 Å². The molecule has 0 spiro atoms. The van der Waals surface area contributed by atoms with Crippen LogP contribution in [0.5, 0.6) is 5.75 Å². The fourth-order valence-electron chi connectivity index (χ4n) is 2.44. The smallest absolute Gasteiger partial charge is 0.303 e. The molecule has 0 aliphatic carbocycles. The van der Waals surface area contributed by atoms with Crippen LogP contribution in [-0.4, -0.2) is 30.1 Å². The van der Waals surface area contributed by atoms with Crippen LogP contribution >= 0.6 is 0 Å². The van der Waals surface area contributed by atoms with Gasteiger partial charge in [0.15, 0.2) is 0 Å². The summed E-state index contributed by atoms with van der Waals surface area (Å²) in [5.41, 5.74) is 0.287. The summed E-state index contributed by atoms with van der Waals surface area (Å²) in [4.78, 5) is 22.7. The minimum Gasteiger partial charge on any atom is -0.497 e. The Kier molecular flexibility index (Phi) is 6.27. The summed E-state index contributed by atoms with van der Waals surface area (Å²) in [6.07, 6.45) is 0.136. The van der Waals surface area contributed by atoms with Gasteiger partial charge in [0, 0.05) is 24.1 Å². The van der Waals surface area contributed by atoms with Gasteiger partial charge in [-0.15, -0.1) is 0 Å². The van der Waals surface area contributed by atoms with Gasteiger partial charge >= 0.3 is 5.97 Å². The van der Waals surface area contributed by atoms with Gasteiger partial charge in [-0.05, 0) is 43.2 Å². The minimum atomic E-state index is -0.969. The fourth-order valence-corrected chi connectivity index (χ4v) is 2.44. The quantitative estimate of drug-likeness (QED) is 0.788. The lowest BCUT2D eigenvalue weighted by Crippen LogP contribution is -2.33. The Morgan fingerprint density at radius 1 is 1.15 bits per heavy atom. The van der Waals surface area contributed by atoms with Crippen molar-refractivity contribution in [2.45, 2.75) is 25.8 Å². The molecule has 26 heavy (non-hydrogen) atoms. The molecule has 0 fully saturated rings. The number of rotatable bonds is 7. The van der Waals surface area contributed by atoms with Gasteiger partial charge in [0.2, 0.25) is 0 Å². The van der Waals surface area contributed by atoms with Gasteiger partial charge in [0.05, 0.1) is 12.7 Å². The molecule has 5 nitrogen and oxygen atoms in total. The second kappa shape index (κ2) is 8.42. The maximum Gasteiger partial charge on any atom is 0.303 e. The summed E-state index contributed by atoms with van der Waals surface area (Å²) in [6.45, 7) is 1.64.